The van der Waals surface area contributed by atoms with Gasteiger partial charge >= 0.3 is 0 Å². The number of nitrogens with one attached hydrogen (secondary N) is 2. The van der Waals surface area contributed by atoms with Gasteiger partial charge < -0.3 is 5.32 Å². The number of hydrogen-bond donors (Lipinski definition) is 2. The monoisotopic (exact) mass is 326 g/mol. The van der Waals surface area contributed by atoms with E-state index in [4.69, 9.17) is 0 Å². The molecule has 6 heteroatoms. The predicted octanol–water partition coefficient (Wildman–Crippen LogP) is 2.24. The summed E-state index contributed by atoms with van der Waals surface area (Å²) in [4.78, 5) is 0.399. The lowest BCUT2D eigenvalue weighted by Crippen LogP contribution is -2.39. The summed E-state index contributed by atoms with van der Waals surface area (Å²) in [6, 6.07) is 5.54. The maximum Gasteiger partial charge on any atom is 0.240 e. The van der Waals surface area contributed by atoms with Gasteiger partial charge in [-0.1, -0.05) is 12.5 Å². The second-order valence-electron chi connectivity index (χ2n) is 5.88. The number of thioether (sulfide) groups is 1. The van der Waals surface area contributed by atoms with E-state index in [0.29, 0.717) is 10.1 Å². The van der Waals surface area contributed by atoms with E-state index in [1.54, 1.807) is 6.07 Å². The van der Waals surface area contributed by atoms with Crippen LogP contribution in [0.3, 0.4) is 0 Å². The maximum absolute atomic E-state index is 12.6. The van der Waals surface area contributed by atoms with Crippen LogP contribution in [0.5, 0.6) is 0 Å². The Bertz CT molecular complexity index is 616. The molecule has 3 rings (SSSR count). The van der Waals surface area contributed by atoms with Crippen LogP contribution in [-0.2, 0) is 23.1 Å². The molecule has 2 atom stereocenters. The van der Waals surface area contributed by atoms with Gasteiger partial charge in [0.05, 0.1) is 4.90 Å². The fraction of sp³-hybridized carbons (Fsp3) is 0.600. The molecule has 0 amide bonds. The Labute approximate surface area is 131 Å². The predicted molar refractivity (Wildman–Crippen MR) is 86.9 cm³/mol. The third-order valence-corrected chi connectivity index (χ3v) is 7.01. The third-order valence-electron chi connectivity index (χ3n) is 4.40. The minimum absolute atomic E-state index is 0.0765. The second kappa shape index (κ2) is 6.28. The Hall–Kier alpha value is -0.560. The van der Waals surface area contributed by atoms with Crippen LogP contribution in [0.2, 0.25) is 0 Å². The normalized spacial score (nSPS) is 25.8. The van der Waals surface area contributed by atoms with Crippen molar-refractivity contribution in [2.75, 3.05) is 6.26 Å². The lowest BCUT2D eigenvalue weighted by atomic mass is 9.96. The summed E-state index contributed by atoms with van der Waals surface area (Å²) in [6.45, 7) is 1.60. The van der Waals surface area contributed by atoms with Gasteiger partial charge in [-0.25, -0.2) is 13.1 Å². The largest absolute Gasteiger partial charge is 0.309 e. The van der Waals surface area contributed by atoms with Crippen molar-refractivity contribution in [2.24, 2.45) is 0 Å². The van der Waals surface area contributed by atoms with Crippen molar-refractivity contribution in [3.63, 3.8) is 0 Å². The molecule has 0 spiro atoms. The summed E-state index contributed by atoms with van der Waals surface area (Å²) in [5.41, 5.74) is 2.30. The van der Waals surface area contributed by atoms with Crippen molar-refractivity contribution >= 4 is 21.8 Å². The van der Waals surface area contributed by atoms with Crippen molar-refractivity contribution in [1.82, 2.24) is 10.0 Å². The van der Waals surface area contributed by atoms with E-state index in [-0.39, 0.29) is 6.04 Å². The zero-order valence-electron chi connectivity index (χ0n) is 12.3. The summed E-state index contributed by atoms with van der Waals surface area (Å²) >= 11 is 1.84. The number of fused-ring (bicyclic) bond motifs is 1. The smallest absolute Gasteiger partial charge is 0.240 e. The fourth-order valence-corrected chi connectivity index (χ4v) is 5.35. The van der Waals surface area contributed by atoms with Crippen LogP contribution in [0.15, 0.2) is 23.1 Å². The van der Waals surface area contributed by atoms with Crippen LogP contribution in [0.1, 0.15) is 36.8 Å². The molecule has 1 heterocycles. The van der Waals surface area contributed by atoms with Gasteiger partial charge in [-0.2, -0.15) is 11.8 Å². The SMILES string of the molecule is CSC1CCCC(NS(=O)(=O)c2ccc3c(c2)CNC3)C1. The zero-order chi connectivity index (χ0) is 14.9. The van der Waals surface area contributed by atoms with Gasteiger partial charge in [0.15, 0.2) is 0 Å². The first-order valence-electron chi connectivity index (χ1n) is 7.46. The number of benzene rings is 1. The topological polar surface area (TPSA) is 58.2 Å². The maximum atomic E-state index is 12.6. The van der Waals surface area contributed by atoms with E-state index < -0.39 is 10.0 Å². The molecule has 0 radical (unpaired) electrons. The summed E-state index contributed by atoms with van der Waals surface area (Å²) in [5.74, 6) is 0. The number of sulfonamides is 1. The number of hydrogen-bond acceptors (Lipinski definition) is 4. The van der Waals surface area contributed by atoms with E-state index in [0.717, 1.165) is 37.9 Å². The van der Waals surface area contributed by atoms with Crippen molar-refractivity contribution in [3.05, 3.63) is 29.3 Å². The number of rotatable bonds is 4. The molecule has 1 fully saturated rings. The van der Waals surface area contributed by atoms with Crippen LogP contribution < -0.4 is 10.0 Å². The average molecular weight is 326 g/mol. The molecule has 1 aromatic carbocycles. The highest BCUT2D eigenvalue weighted by Gasteiger charge is 2.26. The molecule has 0 aromatic heterocycles. The first-order valence-corrected chi connectivity index (χ1v) is 10.2. The van der Waals surface area contributed by atoms with Crippen LogP contribution in [-0.4, -0.2) is 26.0 Å². The van der Waals surface area contributed by atoms with Gasteiger partial charge in [0, 0.05) is 24.4 Å². The molecule has 0 saturated heterocycles. The molecule has 1 aromatic rings. The van der Waals surface area contributed by atoms with Crippen molar-refractivity contribution in [3.8, 4) is 0 Å². The minimum Gasteiger partial charge on any atom is -0.309 e. The highest BCUT2D eigenvalue weighted by molar-refractivity contribution is 7.99. The van der Waals surface area contributed by atoms with Crippen LogP contribution >= 0.6 is 11.8 Å². The average Bonchev–Trinajstić information content (AvgIpc) is 2.94. The van der Waals surface area contributed by atoms with Gasteiger partial charge in [0.25, 0.3) is 0 Å². The van der Waals surface area contributed by atoms with E-state index in [2.05, 4.69) is 16.3 Å². The standard InChI is InChI=1S/C15H22N2O2S2/c1-20-14-4-2-3-13(8-14)17-21(18,19)15-6-5-11-9-16-10-12(11)7-15/h5-7,13-14,16-17H,2-4,8-10H2,1H3. The lowest BCUT2D eigenvalue weighted by molar-refractivity contribution is 0.421. The van der Waals surface area contributed by atoms with Crippen molar-refractivity contribution in [2.45, 2.75) is 55.0 Å². The van der Waals surface area contributed by atoms with Crippen molar-refractivity contribution in [1.29, 1.82) is 0 Å². The zero-order valence-corrected chi connectivity index (χ0v) is 13.9. The molecule has 2 N–H and O–H groups in total. The molecule has 4 nitrogen and oxygen atoms in total. The molecule has 116 valence electrons. The fourth-order valence-electron chi connectivity index (χ4n) is 3.19. The van der Waals surface area contributed by atoms with E-state index in [1.807, 2.05) is 23.9 Å². The van der Waals surface area contributed by atoms with Gasteiger partial charge in [-0.15, -0.1) is 0 Å². The Morgan fingerprint density at radius 3 is 2.86 bits per heavy atom. The Morgan fingerprint density at radius 1 is 1.24 bits per heavy atom. The highest BCUT2D eigenvalue weighted by Crippen LogP contribution is 2.28. The first-order chi connectivity index (χ1) is 10.1. The minimum atomic E-state index is -3.40. The van der Waals surface area contributed by atoms with Crippen LogP contribution in [0, 0.1) is 0 Å². The molecular formula is C15H22N2O2S2. The summed E-state index contributed by atoms with van der Waals surface area (Å²) in [6.07, 6.45) is 6.29. The van der Waals surface area contributed by atoms with E-state index in [9.17, 15) is 8.42 Å². The van der Waals surface area contributed by atoms with Gasteiger partial charge in [-0.3, -0.25) is 0 Å². The van der Waals surface area contributed by atoms with Crippen molar-refractivity contribution < 1.29 is 8.42 Å². The highest BCUT2D eigenvalue weighted by atomic mass is 32.2. The molecule has 21 heavy (non-hydrogen) atoms. The van der Waals surface area contributed by atoms with Gasteiger partial charge in [-0.05, 0) is 48.8 Å². The molecule has 1 aliphatic heterocycles. The quantitative estimate of drug-likeness (QED) is 0.891. The Morgan fingerprint density at radius 2 is 2.05 bits per heavy atom. The summed E-state index contributed by atoms with van der Waals surface area (Å²) < 4.78 is 28.0. The van der Waals surface area contributed by atoms with Gasteiger partial charge in [0.2, 0.25) is 10.0 Å². The lowest BCUT2D eigenvalue weighted by Gasteiger charge is -2.28. The third kappa shape index (κ3) is 3.44. The second-order valence-corrected chi connectivity index (χ2v) is 8.73. The van der Waals surface area contributed by atoms with Gasteiger partial charge in [0.1, 0.15) is 0 Å². The first kappa shape index (κ1) is 15.3. The molecule has 1 aliphatic carbocycles. The Kier molecular flexibility index (Phi) is 4.59. The molecule has 1 saturated carbocycles. The molecular weight excluding hydrogens is 304 g/mol. The summed E-state index contributed by atoms with van der Waals surface area (Å²) in [7, 11) is -3.40. The molecule has 0 bridgehead atoms. The van der Waals surface area contributed by atoms with Crippen LogP contribution in [0.4, 0.5) is 0 Å². The van der Waals surface area contributed by atoms with E-state index >= 15 is 0 Å². The Balaban J connectivity index is 1.74. The van der Waals surface area contributed by atoms with E-state index in [1.165, 1.54) is 12.0 Å². The summed E-state index contributed by atoms with van der Waals surface area (Å²) in [5, 5.41) is 3.82. The van der Waals surface area contributed by atoms with Crippen LogP contribution in [0.25, 0.3) is 0 Å². The molecule has 2 unspecified atom stereocenters. The molecule has 2 aliphatic rings.